The number of carbonyl (C=O) groups excluding carboxylic acids is 1. The lowest BCUT2D eigenvalue weighted by Gasteiger charge is -2.19. The highest BCUT2D eigenvalue weighted by atomic mass is 16.4. The molecule has 1 aliphatic rings. The van der Waals surface area contributed by atoms with Crippen LogP contribution in [0.15, 0.2) is 18.5 Å². The molecular weight excluding hydrogens is 208 g/mol. The number of carboxylic acids is 1. The Hall–Kier alpha value is -1.91. The highest BCUT2D eigenvalue weighted by molar-refractivity contribution is 5.87. The zero-order valence-electron chi connectivity index (χ0n) is 8.88. The van der Waals surface area contributed by atoms with E-state index in [1.807, 2.05) is 0 Å². The van der Waals surface area contributed by atoms with Crippen molar-refractivity contribution in [2.45, 2.75) is 18.9 Å². The minimum atomic E-state index is -0.999. The van der Waals surface area contributed by atoms with Gasteiger partial charge in [0.2, 0.25) is 5.91 Å². The molecule has 0 aromatic carbocycles. The van der Waals surface area contributed by atoms with Crippen LogP contribution in [0.25, 0.3) is 0 Å². The zero-order chi connectivity index (χ0) is 11.7. The molecule has 0 spiro atoms. The molecule has 0 bridgehead atoms. The van der Waals surface area contributed by atoms with Gasteiger partial charge in [-0.25, -0.2) is 4.79 Å². The molecule has 1 fully saturated rings. The van der Waals surface area contributed by atoms with Gasteiger partial charge in [0, 0.05) is 25.9 Å². The number of nitrogens with zero attached hydrogens (tertiary/aromatic N) is 2. The molecule has 0 radical (unpaired) electrons. The molecule has 0 aliphatic carbocycles. The molecule has 2 heterocycles. The number of aromatic carboxylic acids is 1. The van der Waals surface area contributed by atoms with Gasteiger partial charge in [0.1, 0.15) is 0 Å². The van der Waals surface area contributed by atoms with E-state index in [4.69, 9.17) is 5.11 Å². The van der Waals surface area contributed by atoms with E-state index in [0.717, 1.165) is 12.0 Å². The third-order valence-electron chi connectivity index (χ3n) is 2.88. The van der Waals surface area contributed by atoms with Crippen LogP contribution in [-0.2, 0) is 4.79 Å². The Morgan fingerprint density at radius 1 is 1.56 bits per heavy atom. The SMILES string of the molecule is CN1C(=O)CC[C@H]1c1cncc(C(=O)O)c1. The molecule has 1 aromatic rings. The average molecular weight is 220 g/mol. The molecular formula is C11H12N2O3. The van der Waals surface area contributed by atoms with E-state index < -0.39 is 5.97 Å². The molecule has 1 N–H and O–H groups in total. The van der Waals surface area contributed by atoms with Crippen molar-refractivity contribution in [3.63, 3.8) is 0 Å². The number of carbonyl (C=O) groups is 2. The quantitative estimate of drug-likeness (QED) is 0.809. The molecule has 1 amide bonds. The van der Waals surface area contributed by atoms with Crippen LogP contribution in [0.1, 0.15) is 34.8 Å². The fraction of sp³-hybridized carbons (Fsp3) is 0.364. The number of hydrogen-bond donors (Lipinski definition) is 1. The topological polar surface area (TPSA) is 70.5 Å². The number of amides is 1. The Morgan fingerprint density at radius 3 is 2.88 bits per heavy atom. The number of carboxylic acid groups (broad SMARTS) is 1. The molecule has 5 heteroatoms. The second-order valence-corrected chi connectivity index (χ2v) is 3.87. The Kier molecular flexibility index (Phi) is 2.60. The molecule has 1 saturated heterocycles. The first-order valence-corrected chi connectivity index (χ1v) is 5.03. The van der Waals surface area contributed by atoms with E-state index in [1.165, 1.54) is 6.20 Å². The van der Waals surface area contributed by atoms with E-state index in [9.17, 15) is 9.59 Å². The Bertz CT molecular complexity index is 445. The first-order valence-electron chi connectivity index (χ1n) is 5.03. The second-order valence-electron chi connectivity index (χ2n) is 3.87. The number of pyridine rings is 1. The molecule has 16 heavy (non-hydrogen) atoms. The van der Waals surface area contributed by atoms with Crippen LogP contribution in [0, 0.1) is 0 Å². The molecule has 1 aliphatic heterocycles. The maximum atomic E-state index is 11.4. The summed E-state index contributed by atoms with van der Waals surface area (Å²) in [6.45, 7) is 0. The van der Waals surface area contributed by atoms with Crippen molar-refractivity contribution in [1.82, 2.24) is 9.88 Å². The molecule has 5 nitrogen and oxygen atoms in total. The smallest absolute Gasteiger partial charge is 0.337 e. The van der Waals surface area contributed by atoms with Gasteiger partial charge in [-0.1, -0.05) is 0 Å². The van der Waals surface area contributed by atoms with Crippen LogP contribution in [0.4, 0.5) is 0 Å². The lowest BCUT2D eigenvalue weighted by molar-refractivity contribution is -0.127. The minimum absolute atomic E-state index is 0.0423. The summed E-state index contributed by atoms with van der Waals surface area (Å²) in [7, 11) is 1.73. The average Bonchev–Trinajstić information content (AvgIpc) is 2.60. The fourth-order valence-electron chi connectivity index (χ4n) is 1.95. The fourth-order valence-corrected chi connectivity index (χ4v) is 1.95. The third-order valence-corrected chi connectivity index (χ3v) is 2.88. The Balaban J connectivity index is 2.31. The summed E-state index contributed by atoms with van der Waals surface area (Å²) in [5.74, 6) is -0.910. The van der Waals surface area contributed by atoms with Gasteiger partial charge in [-0.2, -0.15) is 0 Å². The molecule has 1 atom stereocenters. The Morgan fingerprint density at radius 2 is 2.31 bits per heavy atom. The first kappa shape index (κ1) is 10.6. The van der Waals surface area contributed by atoms with Crippen molar-refractivity contribution in [2.24, 2.45) is 0 Å². The van der Waals surface area contributed by atoms with Crippen LogP contribution in [-0.4, -0.2) is 33.9 Å². The summed E-state index contributed by atoms with van der Waals surface area (Å²) in [4.78, 5) is 27.7. The summed E-state index contributed by atoms with van der Waals surface area (Å²) < 4.78 is 0. The monoisotopic (exact) mass is 220 g/mol. The van der Waals surface area contributed by atoms with Crippen molar-refractivity contribution in [3.8, 4) is 0 Å². The van der Waals surface area contributed by atoms with Crippen molar-refractivity contribution >= 4 is 11.9 Å². The molecule has 0 saturated carbocycles. The largest absolute Gasteiger partial charge is 0.478 e. The molecule has 2 rings (SSSR count). The lowest BCUT2D eigenvalue weighted by atomic mass is 10.1. The normalized spacial score (nSPS) is 20.2. The van der Waals surface area contributed by atoms with Crippen LogP contribution in [0.2, 0.25) is 0 Å². The predicted octanol–water partition coefficient (Wildman–Crippen LogP) is 1.07. The number of likely N-dealkylation sites (tertiary alicyclic amines) is 1. The summed E-state index contributed by atoms with van der Waals surface area (Å²) in [6.07, 6.45) is 4.16. The first-order chi connectivity index (χ1) is 7.59. The van der Waals surface area contributed by atoms with Crippen molar-refractivity contribution in [1.29, 1.82) is 0 Å². The van der Waals surface area contributed by atoms with Crippen molar-refractivity contribution < 1.29 is 14.7 Å². The lowest BCUT2D eigenvalue weighted by Crippen LogP contribution is -2.22. The van der Waals surface area contributed by atoms with Crippen LogP contribution < -0.4 is 0 Å². The molecule has 84 valence electrons. The second kappa shape index (κ2) is 3.92. The van der Waals surface area contributed by atoms with Gasteiger partial charge in [0.05, 0.1) is 11.6 Å². The van der Waals surface area contributed by atoms with E-state index in [-0.39, 0.29) is 17.5 Å². The molecule has 1 aromatic heterocycles. The number of rotatable bonds is 2. The van der Waals surface area contributed by atoms with Gasteiger partial charge in [-0.05, 0) is 18.1 Å². The van der Waals surface area contributed by atoms with E-state index in [2.05, 4.69) is 4.98 Å². The van der Waals surface area contributed by atoms with Gasteiger partial charge < -0.3 is 10.0 Å². The Labute approximate surface area is 92.7 Å². The van der Waals surface area contributed by atoms with Crippen LogP contribution >= 0.6 is 0 Å². The maximum Gasteiger partial charge on any atom is 0.337 e. The van der Waals surface area contributed by atoms with E-state index in [1.54, 1.807) is 24.2 Å². The summed E-state index contributed by atoms with van der Waals surface area (Å²) in [5, 5.41) is 8.85. The summed E-state index contributed by atoms with van der Waals surface area (Å²) in [6, 6.07) is 1.54. The highest BCUT2D eigenvalue weighted by Gasteiger charge is 2.29. The summed E-state index contributed by atoms with van der Waals surface area (Å²) >= 11 is 0. The standard InChI is InChI=1S/C11H12N2O3/c1-13-9(2-3-10(13)14)7-4-8(11(15)16)6-12-5-7/h4-6,9H,2-3H2,1H3,(H,15,16)/t9-/m0/s1. The number of aromatic nitrogens is 1. The van der Waals surface area contributed by atoms with E-state index >= 15 is 0 Å². The molecule has 0 unspecified atom stereocenters. The van der Waals surface area contributed by atoms with Gasteiger partial charge in [0.25, 0.3) is 0 Å². The highest BCUT2D eigenvalue weighted by Crippen LogP contribution is 2.30. The summed E-state index contributed by atoms with van der Waals surface area (Å²) in [5.41, 5.74) is 0.943. The van der Waals surface area contributed by atoms with E-state index in [0.29, 0.717) is 6.42 Å². The number of hydrogen-bond acceptors (Lipinski definition) is 3. The zero-order valence-corrected chi connectivity index (χ0v) is 8.88. The maximum absolute atomic E-state index is 11.4. The van der Waals surface area contributed by atoms with Crippen molar-refractivity contribution in [2.75, 3.05) is 7.05 Å². The van der Waals surface area contributed by atoms with Gasteiger partial charge >= 0.3 is 5.97 Å². The third kappa shape index (κ3) is 1.76. The predicted molar refractivity (Wildman–Crippen MR) is 55.9 cm³/mol. The van der Waals surface area contributed by atoms with Crippen LogP contribution in [0.5, 0.6) is 0 Å². The van der Waals surface area contributed by atoms with Gasteiger partial charge in [-0.3, -0.25) is 9.78 Å². The van der Waals surface area contributed by atoms with Crippen LogP contribution in [0.3, 0.4) is 0 Å². The van der Waals surface area contributed by atoms with Gasteiger partial charge in [-0.15, -0.1) is 0 Å². The van der Waals surface area contributed by atoms with Crippen molar-refractivity contribution in [3.05, 3.63) is 29.6 Å². The van der Waals surface area contributed by atoms with Gasteiger partial charge in [0.15, 0.2) is 0 Å². The minimum Gasteiger partial charge on any atom is -0.478 e.